The van der Waals surface area contributed by atoms with Gasteiger partial charge < -0.3 is 20.6 Å². The van der Waals surface area contributed by atoms with Crippen LogP contribution in [0.3, 0.4) is 0 Å². The minimum Gasteiger partial charge on any atom is -0.390 e. The number of benzene rings is 3. The Morgan fingerprint density at radius 1 is 0.911 bits per heavy atom. The van der Waals surface area contributed by atoms with Crippen LogP contribution in [-0.2, 0) is 23.9 Å². The molecule has 1 aliphatic carbocycles. The molecule has 45 heavy (non-hydrogen) atoms. The number of hydrogen-bond donors (Lipinski definition) is 3. The molecule has 0 radical (unpaired) electrons. The molecule has 0 aromatic heterocycles. The predicted molar refractivity (Wildman–Crippen MR) is 168 cm³/mol. The van der Waals surface area contributed by atoms with Crippen LogP contribution in [0.4, 0.5) is 13.2 Å². The first-order valence-electron chi connectivity index (χ1n) is 15.9. The van der Waals surface area contributed by atoms with Gasteiger partial charge in [-0.2, -0.15) is 13.2 Å². The topological polar surface area (TPSA) is 81.7 Å². The van der Waals surface area contributed by atoms with Gasteiger partial charge in [-0.05, 0) is 78.5 Å². The van der Waals surface area contributed by atoms with Crippen molar-refractivity contribution in [3.05, 3.63) is 106 Å². The number of alkyl halides is 3. The average molecular weight is 622 g/mol. The Kier molecular flexibility index (Phi) is 10.6. The third-order valence-electron chi connectivity index (χ3n) is 9.12. The lowest BCUT2D eigenvalue weighted by atomic mass is 9.90. The number of likely N-dealkylation sites (tertiary alicyclic amines) is 1. The summed E-state index contributed by atoms with van der Waals surface area (Å²) in [5, 5.41) is 17.4. The van der Waals surface area contributed by atoms with Crippen LogP contribution in [0.15, 0.2) is 72.8 Å². The zero-order chi connectivity index (χ0) is 32.0. The van der Waals surface area contributed by atoms with Gasteiger partial charge in [0.15, 0.2) is 0 Å². The van der Waals surface area contributed by atoms with Crippen molar-refractivity contribution >= 4 is 11.8 Å². The standard InChI is InChI=1S/C36H42F3N3O3/c1-24(43)42-16-8-15-33(42)29-19-28(27-12-5-6-13-27)20-30(21-29)35(45)41-32(18-25-9-3-2-4-10-25)34(44)23-40-22-26-11-7-14-31(17-26)36(37,38)39/h2-4,7,9-11,14,17,19-21,27,32-34,40,44H,5-6,8,12-13,15-16,18,22-23H2,1H3,(H,41,45)/t32-,33+,34-/m0/s1. The first-order valence-corrected chi connectivity index (χ1v) is 15.9. The summed E-state index contributed by atoms with van der Waals surface area (Å²) < 4.78 is 39.5. The smallest absolute Gasteiger partial charge is 0.390 e. The Morgan fingerprint density at radius 3 is 2.33 bits per heavy atom. The number of hydrogen-bond acceptors (Lipinski definition) is 4. The molecule has 5 rings (SSSR count). The second-order valence-electron chi connectivity index (χ2n) is 12.4. The normalized spacial score (nSPS) is 18.6. The van der Waals surface area contributed by atoms with Crippen LogP contribution in [0, 0.1) is 0 Å². The van der Waals surface area contributed by atoms with Gasteiger partial charge in [0.2, 0.25) is 5.91 Å². The number of halogens is 3. The fourth-order valence-corrected chi connectivity index (χ4v) is 6.75. The van der Waals surface area contributed by atoms with Crippen molar-refractivity contribution in [2.75, 3.05) is 13.1 Å². The summed E-state index contributed by atoms with van der Waals surface area (Å²) in [5.74, 6) is 0.0919. The minimum absolute atomic E-state index is 0.0263. The molecule has 1 saturated heterocycles. The van der Waals surface area contributed by atoms with Crippen LogP contribution in [0.1, 0.15) is 95.6 Å². The number of carbonyl (C=O) groups is 2. The molecule has 1 heterocycles. The van der Waals surface area contributed by atoms with E-state index in [1.165, 1.54) is 6.07 Å². The molecule has 2 aliphatic rings. The molecule has 2 amide bonds. The third kappa shape index (κ3) is 8.52. The van der Waals surface area contributed by atoms with Crippen LogP contribution in [0.5, 0.6) is 0 Å². The number of carbonyl (C=O) groups excluding carboxylic acids is 2. The van der Waals surface area contributed by atoms with Gasteiger partial charge in [-0.3, -0.25) is 9.59 Å². The van der Waals surface area contributed by atoms with E-state index < -0.39 is 23.9 Å². The van der Waals surface area contributed by atoms with Gasteiger partial charge in [0.25, 0.3) is 5.91 Å². The highest BCUT2D eigenvalue weighted by Gasteiger charge is 2.32. The van der Waals surface area contributed by atoms with Crippen LogP contribution in [0.25, 0.3) is 0 Å². The molecule has 9 heteroatoms. The summed E-state index contributed by atoms with van der Waals surface area (Å²) in [6.07, 6.45) is 1.13. The van der Waals surface area contributed by atoms with Gasteiger partial charge in [0, 0.05) is 32.1 Å². The fourth-order valence-electron chi connectivity index (χ4n) is 6.75. The minimum atomic E-state index is -4.43. The van der Waals surface area contributed by atoms with Crippen molar-refractivity contribution in [2.45, 2.75) is 88.7 Å². The predicted octanol–water partition coefficient (Wildman–Crippen LogP) is 6.54. The highest BCUT2D eigenvalue weighted by molar-refractivity contribution is 5.95. The van der Waals surface area contributed by atoms with Gasteiger partial charge in [-0.25, -0.2) is 0 Å². The molecule has 1 aliphatic heterocycles. The zero-order valence-corrected chi connectivity index (χ0v) is 25.7. The van der Waals surface area contributed by atoms with Gasteiger partial charge in [-0.15, -0.1) is 0 Å². The van der Waals surface area contributed by atoms with Crippen LogP contribution < -0.4 is 10.6 Å². The van der Waals surface area contributed by atoms with Gasteiger partial charge in [-0.1, -0.05) is 67.4 Å². The van der Waals surface area contributed by atoms with E-state index in [1.807, 2.05) is 47.4 Å². The summed E-state index contributed by atoms with van der Waals surface area (Å²) >= 11 is 0. The molecule has 0 spiro atoms. The van der Waals surface area contributed by atoms with E-state index in [2.05, 4.69) is 16.7 Å². The van der Waals surface area contributed by atoms with E-state index >= 15 is 0 Å². The second-order valence-corrected chi connectivity index (χ2v) is 12.4. The number of nitrogens with zero attached hydrogens (tertiary/aromatic N) is 1. The Bertz CT molecular complexity index is 1460. The number of aliphatic hydroxyl groups is 1. The lowest BCUT2D eigenvalue weighted by Gasteiger charge is -2.27. The summed E-state index contributed by atoms with van der Waals surface area (Å²) in [4.78, 5) is 28.2. The second kappa shape index (κ2) is 14.6. The van der Waals surface area contributed by atoms with Crippen molar-refractivity contribution in [3.63, 3.8) is 0 Å². The van der Waals surface area contributed by atoms with Crippen molar-refractivity contribution in [1.29, 1.82) is 0 Å². The molecular weight excluding hydrogens is 579 g/mol. The summed E-state index contributed by atoms with van der Waals surface area (Å²) in [6.45, 7) is 2.49. The first-order chi connectivity index (χ1) is 21.6. The number of aliphatic hydroxyl groups excluding tert-OH is 1. The zero-order valence-electron chi connectivity index (χ0n) is 25.7. The summed E-state index contributed by atoms with van der Waals surface area (Å²) in [6, 6.07) is 19.9. The van der Waals surface area contributed by atoms with E-state index in [0.717, 1.165) is 67.3 Å². The SMILES string of the molecule is CC(=O)N1CCC[C@@H]1c1cc(C(=O)N[C@@H](Cc2ccccc2)[C@@H](O)CNCc2cccc(C(F)(F)F)c2)cc(C2CCCC2)c1. The Balaban J connectivity index is 1.34. The molecule has 3 aromatic rings. The molecule has 3 aromatic carbocycles. The third-order valence-corrected chi connectivity index (χ3v) is 9.12. The molecule has 3 N–H and O–H groups in total. The quantitative estimate of drug-likeness (QED) is 0.227. The maximum absolute atomic E-state index is 13.9. The molecule has 0 unspecified atom stereocenters. The molecule has 3 atom stereocenters. The van der Waals surface area contributed by atoms with Crippen molar-refractivity contribution < 1.29 is 27.9 Å². The fraction of sp³-hybridized carbons (Fsp3) is 0.444. The molecule has 240 valence electrons. The van der Waals surface area contributed by atoms with E-state index in [4.69, 9.17) is 0 Å². The molecule has 2 fully saturated rings. The van der Waals surface area contributed by atoms with E-state index in [1.54, 1.807) is 13.0 Å². The molecule has 0 bridgehead atoms. The summed E-state index contributed by atoms with van der Waals surface area (Å²) in [7, 11) is 0. The van der Waals surface area contributed by atoms with Crippen LogP contribution in [0.2, 0.25) is 0 Å². The van der Waals surface area contributed by atoms with Crippen molar-refractivity contribution in [1.82, 2.24) is 15.5 Å². The van der Waals surface area contributed by atoms with E-state index in [-0.39, 0.29) is 30.9 Å². The molecule has 6 nitrogen and oxygen atoms in total. The molecule has 1 saturated carbocycles. The van der Waals surface area contributed by atoms with E-state index in [0.29, 0.717) is 30.0 Å². The van der Waals surface area contributed by atoms with Gasteiger partial charge in [0.1, 0.15) is 0 Å². The van der Waals surface area contributed by atoms with E-state index in [9.17, 15) is 27.9 Å². The monoisotopic (exact) mass is 621 g/mol. The Morgan fingerprint density at radius 2 is 1.62 bits per heavy atom. The summed E-state index contributed by atoms with van der Waals surface area (Å²) in [5.41, 5.74) is 3.26. The maximum Gasteiger partial charge on any atom is 0.416 e. The Labute approximate surface area is 263 Å². The number of rotatable bonds is 11. The number of amides is 2. The Hall–Kier alpha value is -3.69. The van der Waals surface area contributed by atoms with Gasteiger partial charge in [0.05, 0.1) is 23.8 Å². The highest BCUT2D eigenvalue weighted by atomic mass is 19.4. The van der Waals surface area contributed by atoms with Crippen molar-refractivity contribution in [2.24, 2.45) is 0 Å². The van der Waals surface area contributed by atoms with Crippen molar-refractivity contribution in [3.8, 4) is 0 Å². The first kappa shape index (κ1) is 32.7. The largest absolute Gasteiger partial charge is 0.416 e. The van der Waals surface area contributed by atoms with Crippen LogP contribution >= 0.6 is 0 Å². The number of nitrogens with one attached hydrogen (secondary N) is 2. The van der Waals surface area contributed by atoms with Gasteiger partial charge >= 0.3 is 6.18 Å². The lowest BCUT2D eigenvalue weighted by molar-refractivity contribution is -0.137. The highest BCUT2D eigenvalue weighted by Crippen LogP contribution is 2.38. The lowest BCUT2D eigenvalue weighted by Crippen LogP contribution is -2.48. The maximum atomic E-state index is 13.9. The van der Waals surface area contributed by atoms with Crippen LogP contribution in [-0.4, -0.2) is 47.1 Å². The average Bonchev–Trinajstić information content (AvgIpc) is 3.74. The molecular formula is C36H42F3N3O3.